The lowest BCUT2D eigenvalue weighted by molar-refractivity contribution is -0.122. The number of piperazine rings is 1. The van der Waals surface area contributed by atoms with Gasteiger partial charge in [-0.25, -0.2) is 18.2 Å². The number of amides is 1. The van der Waals surface area contributed by atoms with Crippen LogP contribution in [0.5, 0.6) is 0 Å². The summed E-state index contributed by atoms with van der Waals surface area (Å²) < 4.78 is 40.7. The smallest absolute Gasteiger partial charge is 0.254 e. The van der Waals surface area contributed by atoms with Gasteiger partial charge in [-0.1, -0.05) is 28.1 Å². The van der Waals surface area contributed by atoms with Gasteiger partial charge >= 0.3 is 0 Å². The van der Waals surface area contributed by atoms with Gasteiger partial charge in [0, 0.05) is 30.7 Å². The molecular weight excluding hydrogens is 475 g/mol. The fourth-order valence-corrected chi connectivity index (χ4v) is 4.71. The van der Waals surface area contributed by atoms with Gasteiger partial charge in [-0.2, -0.15) is 9.41 Å². The Balaban J connectivity index is 1.50. The van der Waals surface area contributed by atoms with Gasteiger partial charge in [-0.3, -0.25) is 9.69 Å². The molecule has 0 spiro atoms. The Kier molecular flexibility index (Phi) is 7.35. The van der Waals surface area contributed by atoms with Gasteiger partial charge in [-0.15, -0.1) is 0 Å². The van der Waals surface area contributed by atoms with Gasteiger partial charge in [0.25, 0.3) is 5.91 Å². The minimum atomic E-state index is -3.55. The molecule has 1 heterocycles. The number of nitrogens with zero attached hydrogens (tertiary/aromatic N) is 3. The molecule has 1 amide bonds. The highest BCUT2D eigenvalue weighted by molar-refractivity contribution is 9.10. The van der Waals surface area contributed by atoms with E-state index < -0.39 is 10.0 Å². The van der Waals surface area contributed by atoms with Crippen molar-refractivity contribution in [2.24, 2.45) is 5.10 Å². The number of carbonyl (C=O) groups excluding carboxylic acids is 1. The molecule has 1 N–H and O–H groups in total. The van der Waals surface area contributed by atoms with Crippen LogP contribution in [-0.4, -0.2) is 62.0 Å². The Morgan fingerprint density at radius 3 is 2.27 bits per heavy atom. The molecule has 160 valence electrons. The van der Waals surface area contributed by atoms with Gasteiger partial charge in [0.05, 0.1) is 17.2 Å². The topological polar surface area (TPSA) is 82.1 Å². The molecular formula is C20H22BrFN4O3S. The van der Waals surface area contributed by atoms with Crippen molar-refractivity contribution in [1.82, 2.24) is 14.6 Å². The predicted molar refractivity (Wildman–Crippen MR) is 116 cm³/mol. The zero-order valence-electron chi connectivity index (χ0n) is 16.4. The molecule has 0 radical (unpaired) electrons. The highest BCUT2D eigenvalue weighted by Gasteiger charge is 2.29. The molecule has 0 bridgehead atoms. The zero-order valence-corrected chi connectivity index (χ0v) is 18.8. The van der Waals surface area contributed by atoms with E-state index in [0.29, 0.717) is 37.5 Å². The maximum absolute atomic E-state index is 13.0. The van der Waals surface area contributed by atoms with E-state index in [1.165, 1.54) is 16.4 Å². The molecule has 1 aliphatic rings. The molecule has 1 aliphatic heterocycles. The van der Waals surface area contributed by atoms with Gasteiger partial charge in [0.2, 0.25) is 10.0 Å². The van der Waals surface area contributed by atoms with E-state index in [4.69, 9.17) is 0 Å². The largest absolute Gasteiger partial charge is 0.292 e. The number of rotatable bonds is 6. The third kappa shape index (κ3) is 5.72. The van der Waals surface area contributed by atoms with Crippen LogP contribution in [0.3, 0.4) is 0 Å². The fourth-order valence-electron chi connectivity index (χ4n) is 3.02. The standard InChI is InChI=1S/C20H22BrFN4O3S/c1-15(16-2-6-18(22)7-3-16)23-24-20(27)14-25-10-12-26(13-11-25)30(28,29)19-8-4-17(21)5-9-19/h2-9H,10-14H2,1H3,(H,24,27). The third-order valence-electron chi connectivity index (χ3n) is 4.76. The van der Waals surface area contributed by atoms with E-state index in [-0.39, 0.29) is 23.2 Å². The van der Waals surface area contributed by atoms with Crippen LogP contribution in [0.4, 0.5) is 4.39 Å². The Morgan fingerprint density at radius 1 is 1.07 bits per heavy atom. The van der Waals surface area contributed by atoms with Crippen molar-refractivity contribution in [3.8, 4) is 0 Å². The first-order valence-electron chi connectivity index (χ1n) is 9.33. The van der Waals surface area contributed by atoms with Crippen LogP contribution in [0, 0.1) is 5.82 Å². The Bertz CT molecular complexity index is 1020. The molecule has 0 aromatic heterocycles. The Hall–Kier alpha value is -2.14. The lowest BCUT2D eigenvalue weighted by Gasteiger charge is -2.33. The first-order chi connectivity index (χ1) is 14.3. The van der Waals surface area contributed by atoms with Crippen LogP contribution in [0.25, 0.3) is 0 Å². The Morgan fingerprint density at radius 2 is 1.67 bits per heavy atom. The van der Waals surface area contributed by atoms with E-state index in [0.717, 1.165) is 4.47 Å². The molecule has 1 fully saturated rings. The summed E-state index contributed by atoms with van der Waals surface area (Å²) >= 11 is 3.30. The molecule has 2 aromatic carbocycles. The van der Waals surface area contributed by atoms with Crippen LogP contribution < -0.4 is 5.43 Å². The summed E-state index contributed by atoms with van der Waals surface area (Å²) in [5.41, 5.74) is 3.77. The average molecular weight is 497 g/mol. The highest BCUT2D eigenvalue weighted by Crippen LogP contribution is 2.20. The second-order valence-electron chi connectivity index (χ2n) is 6.87. The Labute approximate surface area is 183 Å². The number of nitrogens with one attached hydrogen (secondary N) is 1. The van der Waals surface area contributed by atoms with E-state index in [9.17, 15) is 17.6 Å². The van der Waals surface area contributed by atoms with Crippen molar-refractivity contribution in [3.05, 3.63) is 64.4 Å². The molecule has 0 unspecified atom stereocenters. The summed E-state index contributed by atoms with van der Waals surface area (Å²) in [4.78, 5) is 14.3. The molecule has 3 rings (SSSR count). The molecule has 0 saturated carbocycles. The van der Waals surface area contributed by atoms with E-state index in [1.54, 1.807) is 43.3 Å². The van der Waals surface area contributed by atoms with E-state index in [2.05, 4.69) is 26.5 Å². The number of hydrogen-bond donors (Lipinski definition) is 1. The minimum Gasteiger partial charge on any atom is -0.292 e. The molecule has 30 heavy (non-hydrogen) atoms. The second kappa shape index (κ2) is 9.78. The van der Waals surface area contributed by atoms with Crippen molar-refractivity contribution in [2.75, 3.05) is 32.7 Å². The normalized spacial score (nSPS) is 16.4. The first-order valence-corrected chi connectivity index (χ1v) is 11.6. The summed E-state index contributed by atoms with van der Waals surface area (Å²) in [7, 11) is -3.55. The highest BCUT2D eigenvalue weighted by atomic mass is 79.9. The quantitative estimate of drug-likeness (QED) is 0.491. The number of benzene rings is 2. The predicted octanol–water partition coefficient (Wildman–Crippen LogP) is 2.43. The summed E-state index contributed by atoms with van der Waals surface area (Å²) in [5.74, 6) is -0.627. The molecule has 1 saturated heterocycles. The second-order valence-corrected chi connectivity index (χ2v) is 9.73. The van der Waals surface area contributed by atoms with Crippen molar-refractivity contribution in [3.63, 3.8) is 0 Å². The molecule has 2 aromatic rings. The van der Waals surface area contributed by atoms with Gasteiger partial charge in [0.1, 0.15) is 5.82 Å². The molecule has 0 aliphatic carbocycles. The number of carbonyl (C=O) groups is 1. The maximum Gasteiger partial charge on any atom is 0.254 e. The summed E-state index contributed by atoms with van der Waals surface area (Å²) in [5, 5.41) is 4.05. The van der Waals surface area contributed by atoms with Crippen molar-refractivity contribution in [2.45, 2.75) is 11.8 Å². The first kappa shape index (κ1) is 22.5. The minimum absolute atomic E-state index is 0.117. The summed E-state index contributed by atoms with van der Waals surface area (Å²) in [6.07, 6.45) is 0. The number of sulfonamides is 1. The summed E-state index contributed by atoms with van der Waals surface area (Å²) in [6, 6.07) is 12.4. The lowest BCUT2D eigenvalue weighted by Crippen LogP contribution is -2.50. The van der Waals surface area contributed by atoms with Crippen molar-refractivity contribution >= 4 is 37.6 Å². The average Bonchev–Trinajstić information content (AvgIpc) is 2.73. The van der Waals surface area contributed by atoms with Crippen molar-refractivity contribution in [1.29, 1.82) is 0 Å². The van der Waals surface area contributed by atoms with Gasteiger partial charge in [0.15, 0.2) is 0 Å². The van der Waals surface area contributed by atoms with Crippen LogP contribution >= 0.6 is 15.9 Å². The van der Waals surface area contributed by atoms with E-state index >= 15 is 0 Å². The van der Waals surface area contributed by atoms with Gasteiger partial charge < -0.3 is 0 Å². The SMILES string of the molecule is CC(=NNC(=O)CN1CCN(S(=O)(=O)c2ccc(Br)cc2)CC1)c1ccc(F)cc1. The number of hydrogen-bond acceptors (Lipinski definition) is 5. The zero-order chi connectivity index (χ0) is 21.7. The lowest BCUT2D eigenvalue weighted by atomic mass is 10.1. The van der Waals surface area contributed by atoms with Crippen LogP contribution in [0.15, 0.2) is 63.0 Å². The number of halogens is 2. The van der Waals surface area contributed by atoms with Crippen molar-refractivity contribution < 1.29 is 17.6 Å². The monoisotopic (exact) mass is 496 g/mol. The van der Waals surface area contributed by atoms with Crippen LogP contribution in [0.2, 0.25) is 0 Å². The third-order valence-corrected chi connectivity index (χ3v) is 7.20. The fraction of sp³-hybridized carbons (Fsp3) is 0.300. The van der Waals surface area contributed by atoms with Gasteiger partial charge in [-0.05, 0) is 48.9 Å². The van der Waals surface area contributed by atoms with Crippen LogP contribution in [-0.2, 0) is 14.8 Å². The summed E-state index contributed by atoms with van der Waals surface area (Å²) in [6.45, 7) is 3.35. The number of hydrazone groups is 1. The van der Waals surface area contributed by atoms with Crippen LogP contribution in [0.1, 0.15) is 12.5 Å². The van der Waals surface area contributed by atoms with E-state index in [1.807, 2.05) is 4.90 Å². The molecule has 7 nitrogen and oxygen atoms in total. The maximum atomic E-state index is 13.0. The molecule has 10 heteroatoms. The molecule has 0 atom stereocenters.